The van der Waals surface area contributed by atoms with Gasteiger partial charge in [-0.1, -0.05) is 13.8 Å². The van der Waals surface area contributed by atoms with Crippen LogP contribution in [0.15, 0.2) is 0 Å². The van der Waals surface area contributed by atoms with Gasteiger partial charge in [0.15, 0.2) is 0 Å². The lowest BCUT2D eigenvalue weighted by atomic mass is 9.95. The SMILES string of the molecule is CC(C)(CO)CNC(=O)CCS. The fraction of sp³-hybridized carbons (Fsp3) is 0.875. The first-order valence-electron chi connectivity index (χ1n) is 4.00. The third kappa shape index (κ3) is 5.43. The third-order valence-corrected chi connectivity index (χ3v) is 1.75. The molecule has 0 heterocycles. The maximum Gasteiger partial charge on any atom is 0.220 e. The highest BCUT2D eigenvalue weighted by molar-refractivity contribution is 7.80. The third-order valence-electron chi connectivity index (χ3n) is 1.53. The molecule has 0 bridgehead atoms. The molecule has 0 saturated heterocycles. The molecule has 0 aliphatic heterocycles. The molecule has 0 rings (SSSR count). The van der Waals surface area contributed by atoms with E-state index in [4.69, 9.17) is 5.11 Å². The Morgan fingerprint density at radius 3 is 2.58 bits per heavy atom. The zero-order valence-corrected chi connectivity index (χ0v) is 8.53. The number of carbonyl (C=O) groups is 1. The highest BCUT2D eigenvalue weighted by Crippen LogP contribution is 2.10. The van der Waals surface area contributed by atoms with Gasteiger partial charge in [0.25, 0.3) is 0 Å². The van der Waals surface area contributed by atoms with Gasteiger partial charge in [-0.3, -0.25) is 4.79 Å². The number of amides is 1. The summed E-state index contributed by atoms with van der Waals surface area (Å²) in [5, 5.41) is 11.6. The van der Waals surface area contributed by atoms with E-state index in [9.17, 15) is 4.79 Å². The molecule has 0 aliphatic rings. The Kier molecular flexibility index (Phi) is 5.33. The minimum Gasteiger partial charge on any atom is -0.396 e. The molecule has 3 nitrogen and oxygen atoms in total. The second-order valence-electron chi connectivity index (χ2n) is 3.57. The van der Waals surface area contributed by atoms with Gasteiger partial charge in [0.1, 0.15) is 0 Å². The first-order chi connectivity index (χ1) is 5.52. The molecule has 0 aromatic rings. The van der Waals surface area contributed by atoms with Crippen molar-refractivity contribution in [3.63, 3.8) is 0 Å². The van der Waals surface area contributed by atoms with Crippen molar-refractivity contribution < 1.29 is 9.90 Å². The van der Waals surface area contributed by atoms with Crippen molar-refractivity contribution >= 4 is 18.5 Å². The number of carbonyl (C=O) groups excluding carboxylic acids is 1. The molecule has 12 heavy (non-hydrogen) atoms. The maximum absolute atomic E-state index is 11.0. The lowest BCUT2D eigenvalue weighted by Gasteiger charge is -2.21. The second kappa shape index (κ2) is 5.43. The largest absolute Gasteiger partial charge is 0.396 e. The van der Waals surface area contributed by atoms with Gasteiger partial charge in [0.2, 0.25) is 5.91 Å². The minimum absolute atomic E-state index is 0.00785. The van der Waals surface area contributed by atoms with Gasteiger partial charge in [0, 0.05) is 25.0 Å². The van der Waals surface area contributed by atoms with E-state index >= 15 is 0 Å². The quantitative estimate of drug-likeness (QED) is 0.552. The maximum atomic E-state index is 11.0. The molecule has 0 unspecified atom stereocenters. The van der Waals surface area contributed by atoms with E-state index in [1.807, 2.05) is 13.8 Å². The smallest absolute Gasteiger partial charge is 0.220 e. The summed E-state index contributed by atoms with van der Waals surface area (Å²) < 4.78 is 0. The Hall–Kier alpha value is -0.220. The molecular weight excluding hydrogens is 174 g/mol. The lowest BCUT2D eigenvalue weighted by molar-refractivity contribution is -0.121. The number of hydrogen-bond donors (Lipinski definition) is 3. The van der Waals surface area contributed by atoms with Crippen LogP contribution in [0.2, 0.25) is 0 Å². The van der Waals surface area contributed by atoms with Crippen LogP contribution in [0.1, 0.15) is 20.3 Å². The molecule has 0 radical (unpaired) electrons. The van der Waals surface area contributed by atoms with Crippen molar-refractivity contribution in [2.75, 3.05) is 18.9 Å². The molecule has 1 amide bonds. The summed E-state index contributed by atoms with van der Waals surface area (Å²) in [5.41, 5.74) is -0.230. The zero-order valence-electron chi connectivity index (χ0n) is 7.63. The normalized spacial score (nSPS) is 11.3. The number of thiol groups is 1. The van der Waals surface area contributed by atoms with Gasteiger partial charge in [-0.15, -0.1) is 0 Å². The van der Waals surface area contributed by atoms with E-state index in [1.54, 1.807) is 0 Å². The van der Waals surface area contributed by atoms with Crippen LogP contribution < -0.4 is 5.32 Å². The summed E-state index contributed by atoms with van der Waals surface area (Å²) in [6.45, 7) is 4.38. The molecule has 4 heteroatoms. The Bertz CT molecular complexity index is 148. The number of nitrogens with one attached hydrogen (secondary N) is 1. The summed E-state index contributed by atoms with van der Waals surface area (Å²) in [7, 11) is 0. The summed E-state index contributed by atoms with van der Waals surface area (Å²) in [4.78, 5) is 11.0. The van der Waals surface area contributed by atoms with Gasteiger partial charge in [-0.2, -0.15) is 12.6 Å². The Morgan fingerprint density at radius 2 is 2.17 bits per heavy atom. The number of aliphatic hydroxyl groups is 1. The van der Waals surface area contributed by atoms with Crippen molar-refractivity contribution in [2.45, 2.75) is 20.3 Å². The second-order valence-corrected chi connectivity index (χ2v) is 4.02. The van der Waals surface area contributed by atoms with Crippen molar-refractivity contribution in [1.29, 1.82) is 0 Å². The predicted molar refractivity (Wildman–Crippen MR) is 52.3 cm³/mol. The molecule has 2 N–H and O–H groups in total. The van der Waals surface area contributed by atoms with Crippen molar-refractivity contribution in [1.82, 2.24) is 5.32 Å². The molecule has 0 saturated carbocycles. The standard InChI is InChI=1S/C8H17NO2S/c1-8(2,6-10)5-9-7(11)3-4-12/h10,12H,3-6H2,1-2H3,(H,9,11). The number of rotatable bonds is 5. The van der Waals surface area contributed by atoms with Gasteiger partial charge in [-0.25, -0.2) is 0 Å². The summed E-state index contributed by atoms with van der Waals surface area (Å²) >= 11 is 3.94. The number of hydrogen-bond acceptors (Lipinski definition) is 3. The van der Waals surface area contributed by atoms with Crippen LogP contribution in [-0.2, 0) is 4.79 Å². The molecule has 72 valence electrons. The lowest BCUT2D eigenvalue weighted by Crippen LogP contribution is -2.36. The fourth-order valence-corrected chi connectivity index (χ4v) is 0.787. The van der Waals surface area contributed by atoms with Gasteiger partial charge in [-0.05, 0) is 5.75 Å². The predicted octanol–water partition coefficient (Wildman–Crippen LogP) is 0.441. The molecule has 0 atom stereocenters. The average molecular weight is 191 g/mol. The van der Waals surface area contributed by atoms with Crippen LogP contribution in [-0.4, -0.2) is 29.9 Å². The molecule has 0 fully saturated rings. The van der Waals surface area contributed by atoms with Crippen LogP contribution >= 0.6 is 12.6 Å². The van der Waals surface area contributed by atoms with Crippen LogP contribution in [0.5, 0.6) is 0 Å². The number of aliphatic hydroxyl groups excluding tert-OH is 1. The van der Waals surface area contributed by atoms with Crippen molar-refractivity contribution in [2.24, 2.45) is 5.41 Å². The highest BCUT2D eigenvalue weighted by Gasteiger charge is 2.16. The minimum atomic E-state index is -0.230. The Labute approximate surface area is 79.0 Å². The van der Waals surface area contributed by atoms with E-state index in [2.05, 4.69) is 17.9 Å². The Morgan fingerprint density at radius 1 is 1.58 bits per heavy atom. The van der Waals surface area contributed by atoms with Crippen LogP contribution in [0.25, 0.3) is 0 Å². The molecule has 0 aromatic carbocycles. The van der Waals surface area contributed by atoms with E-state index in [1.165, 1.54) is 0 Å². The molecular formula is C8H17NO2S. The first-order valence-corrected chi connectivity index (χ1v) is 4.63. The van der Waals surface area contributed by atoms with Gasteiger partial charge < -0.3 is 10.4 Å². The summed E-state index contributed by atoms with van der Waals surface area (Å²) in [6.07, 6.45) is 0.435. The van der Waals surface area contributed by atoms with Crippen LogP contribution in [0.4, 0.5) is 0 Å². The molecule has 0 aromatic heterocycles. The summed E-state index contributed by atoms with van der Waals surface area (Å²) in [5.74, 6) is 0.553. The molecule has 0 spiro atoms. The Balaban J connectivity index is 3.60. The van der Waals surface area contributed by atoms with Crippen molar-refractivity contribution in [3.8, 4) is 0 Å². The van der Waals surface area contributed by atoms with Crippen LogP contribution in [0, 0.1) is 5.41 Å². The zero-order chi connectivity index (χ0) is 9.61. The first kappa shape index (κ1) is 11.8. The monoisotopic (exact) mass is 191 g/mol. The van der Waals surface area contributed by atoms with Crippen molar-refractivity contribution in [3.05, 3.63) is 0 Å². The van der Waals surface area contributed by atoms with E-state index in [0.717, 1.165) is 0 Å². The topological polar surface area (TPSA) is 49.3 Å². The van der Waals surface area contributed by atoms with E-state index in [0.29, 0.717) is 18.7 Å². The molecule has 0 aliphatic carbocycles. The van der Waals surface area contributed by atoms with Gasteiger partial charge >= 0.3 is 0 Å². The fourth-order valence-electron chi connectivity index (χ4n) is 0.584. The summed E-state index contributed by atoms with van der Waals surface area (Å²) in [6, 6.07) is 0. The van der Waals surface area contributed by atoms with E-state index in [-0.39, 0.29) is 17.9 Å². The van der Waals surface area contributed by atoms with E-state index < -0.39 is 0 Å². The highest BCUT2D eigenvalue weighted by atomic mass is 32.1. The van der Waals surface area contributed by atoms with Gasteiger partial charge in [0.05, 0.1) is 0 Å². The average Bonchev–Trinajstić information content (AvgIpc) is 2.02. The van der Waals surface area contributed by atoms with Crippen LogP contribution in [0.3, 0.4) is 0 Å².